The summed E-state index contributed by atoms with van der Waals surface area (Å²) in [5.41, 5.74) is 2.01. The van der Waals surface area contributed by atoms with Gasteiger partial charge in [0.05, 0.1) is 5.69 Å². The summed E-state index contributed by atoms with van der Waals surface area (Å²) in [7, 11) is 0. The van der Waals surface area contributed by atoms with Crippen molar-refractivity contribution in [2.45, 2.75) is 52.9 Å². The number of thiophene rings is 1. The van der Waals surface area contributed by atoms with Crippen molar-refractivity contribution in [2.75, 3.05) is 5.32 Å². The van der Waals surface area contributed by atoms with Crippen LogP contribution in [0.1, 0.15) is 59.3 Å². The average Bonchev–Trinajstić information content (AvgIpc) is 2.84. The van der Waals surface area contributed by atoms with Crippen LogP contribution in [0.15, 0.2) is 24.3 Å². The zero-order valence-corrected chi connectivity index (χ0v) is 16.2. The van der Waals surface area contributed by atoms with E-state index in [0.29, 0.717) is 11.3 Å². The molecule has 1 amide bonds. The Balaban J connectivity index is 2.01. The Kier molecular flexibility index (Phi) is 5.68. The van der Waals surface area contributed by atoms with Crippen molar-refractivity contribution in [2.24, 2.45) is 0 Å². The lowest BCUT2D eigenvalue weighted by Gasteiger charge is -2.20. The van der Waals surface area contributed by atoms with Crippen LogP contribution in [0, 0.1) is 13.8 Å². The minimum atomic E-state index is -0.278. The second-order valence-corrected chi connectivity index (χ2v) is 8.74. The third-order valence-corrected chi connectivity index (χ3v) is 5.02. The van der Waals surface area contributed by atoms with Crippen LogP contribution < -0.4 is 5.32 Å². The van der Waals surface area contributed by atoms with E-state index < -0.39 is 0 Å². The number of carbonyl (C=O) groups is 2. The molecular formula is C20H25NO3S. The fraction of sp³-hybridized carbons (Fsp3) is 0.400. The quantitative estimate of drug-likeness (QED) is 0.585. The molecule has 0 aliphatic carbocycles. The van der Waals surface area contributed by atoms with Crippen molar-refractivity contribution in [1.82, 2.24) is 0 Å². The van der Waals surface area contributed by atoms with Gasteiger partial charge in [-0.3, -0.25) is 9.59 Å². The standard InChI is InChI=1S/C20H25NO3S/c1-12-10-15(13(2)25-12)17(22)8-9-19(24)21-16-11-14(20(3,4)5)6-7-18(16)23/h6-7,10-11,23H,8-9H2,1-5H3,(H,21,24). The van der Waals surface area contributed by atoms with Gasteiger partial charge >= 0.3 is 0 Å². The molecule has 2 rings (SSSR count). The Morgan fingerprint density at radius 1 is 1.12 bits per heavy atom. The minimum Gasteiger partial charge on any atom is -0.506 e. The molecule has 2 aromatic rings. The van der Waals surface area contributed by atoms with Gasteiger partial charge in [-0.15, -0.1) is 11.3 Å². The first-order valence-electron chi connectivity index (χ1n) is 8.31. The Bertz CT molecular complexity index is 800. The Morgan fingerprint density at radius 2 is 1.80 bits per heavy atom. The van der Waals surface area contributed by atoms with E-state index in [1.54, 1.807) is 23.5 Å². The molecule has 25 heavy (non-hydrogen) atoms. The van der Waals surface area contributed by atoms with E-state index in [1.165, 1.54) is 0 Å². The summed E-state index contributed by atoms with van der Waals surface area (Å²) < 4.78 is 0. The summed E-state index contributed by atoms with van der Waals surface area (Å²) in [5.74, 6) is -0.277. The lowest BCUT2D eigenvalue weighted by molar-refractivity contribution is -0.116. The first-order valence-corrected chi connectivity index (χ1v) is 9.13. The highest BCUT2D eigenvalue weighted by molar-refractivity contribution is 7.12. The van der Waals surface area contributed by atoms with E-state index in [4.69, 9.17) is 0 Å². The van der Waals surface area contributed by atoms with Gasteiger partial charge in [-0.1, -0.05) is 26.8 Å². The van der Waals surface area contributed by atoms with Crippen LogP contribution in [0.2, 0.25) is 0 Å². The van der Waals surface area contributed by atoms with Crippen LogP contribution in [0.3, 0.4) is 0 Å². The number of amides is 1. The zero-order valence-electron chi connectivity index (χ0n) is 15.4. The third kappa shape index (κ3) is 4.92. The maximum Gasteiger partial charge on any atom is 0.224 e. The number of aromatic hydroxyl groups is 1. The number of ketones is 1. The van der Waals surface area contributed by atoms with E-state index in [1.807, 2.05) is 26.0 Å². The number of rotatable bonds is 5. The van der Waals surface area contributed by atoms with Gasteiger partial charge in [0.1, 0.15) is 5.75 Å². The fourth-order valence-corrected chi connectivity index (χ4v) is 3.53. The maximum absolute atomic E-state index is 12.3. The largest absolute Gasteiger partial charge is 0.506 e. The van der Waals surface area contributed by atoms with E-state index in [-0.39, 0.29) is 35.7 Å². The predicted molar refractivity (Wildman–Crippen MR) is 103 cm³/mol. The number of Topliss-reactive ketones (excluding diaryl/α,β-unsaturated/α-hetero) is 1. The van der Waals surface area contributed by atoms with Crippen molar-refractivity contribution in [1.29, 1.82) is 0 Å². The van der Waals surface area contributed by atoms with Gasteiger partial charge in [-0.2, -0.15) is 0 Å². The number of hydrogen-bond acceptors (Lipinski definition) is 4. The zero-order chi connectivity index (χ0) is 18.8. The monoisotopic (exact) mass is 359 g/mol. The number of anilines is 1. The molecule has 0 atom stereocenters. The van der Waals surface area contributed by atoms with Gasteiger partial charge in [0.15, 0.2) is 5.78 Å². The molecule has 5 heteroatoms. The first-order chi connectivity index (χ1) is 11.6. The van der Waals surface area contributed by atoms with Crippen molar-refractivity contribution in [3.63, 3.8) is 0 Å². The maximum atomic E-state index is 12.3. The topological polar surface area (TPSA) is 66.4 Å². The SMILES string of the molecule is Cc1cc(C(=O)CCC(=O)Nc2cc(C(C)(C)C)ccc2O)c(C)s1. The number of phenolic OH excluding ortho intramolecular Hbond substituents is 1. The molecule has 0 saturated heterocycles. The molecule has 0 aliphatic heterocycles. The van der Waals surface area contributed by atoms with E-state index in [9.17, 15) is 14.7 Å². The van der Waals surface area contributed by atoms with Gasteiger partial charge in [0.25, 0.3) is 0 Å². The van der Waals surface area contributed by atoms with E-state index in [0.717, 1.165) is 15.3 Å². The van der Waals surface area contributed by atoms with Crippen LogP contribution in [0.5, 0.6) is 5.75 Å². The Morgan fingerprint density at radius 3 is 2.36 bits per heavy atom. The van der Waals surface area contributed by atoms with Crippen LogP contribution >= 0.6 is 11.3 Å². The van der Waals surface area contributed by atoms with Crippen LogP contribution in [0.25, 0.3) is 0 Å². The first kappa shape index (κ1) is 19.2. The fourth-order valence-electron chi connectivity index (χ4n) is 2.58. The Labute approximate surface area is 152 Å². The highest BCUT2D eigenvalue weighted by atomic mass is 32.1. The number of carbonyl (C=O) groups excluding carboxylic acids is 2. The van der Waals surface area contributed by atoms with E-state index in [2.05, 4.69) is 26.1 Å². The molecule has 1 aromatic heterocycles. The molecule has 1 aromatic carbocycles. The summed E-state index contributed by atoms with van der Waals surface area (Å²) in [6, 6.07) is 7.08. The van der Waals surface area contributed by atoms with Crippen molar-refractivity contribution >= 4 is 28.7 Å². The molecular weight excluding hydrogens is 334 g/mol. The molecule has 0 fully saturated rings. The summed E-state index contributed by atoms with van der Waals surface area (Å²) in [4.78, 5) is 26.5. The lowest BCUT2D eigenvalue weighted by atomic mass is 9.87. The number of phenols is 1. The molecule has 0 bridgehead atoms. The van der Waals surface area contributed by atoms with Gasteiger partial charge in [0, 0.05) is 28.2 Å². The molecule has 0 radical (unpaired) electrons. The summed E-state index contributed by atoms with van der Waals surface area (Å²) in [5, 5.41) is 12.7. The van der Waals surface area contributed by atoms with Gasteiger partial charge in [0.2, 0.25) is 5.91 Å². The van der Waals surface area contributed by atoms with Crippen molar-refractivity contribution < 1.29 is 14.7 Å². The summed E-state index contributed by atoms with van der Waals surface area (Å²) in [6.45, 7) is 10.1. The van der Waals surface area contributed by atoms with Crippen LogP contribution in [-0.4, -0.2) is 16.8 Å². The highest BCUT2D eigenvalue weighted by Crippen LogP contribution is 2.31. The normalized spacial score (nSPS) is 11.4. The molecule has 2 N–H and O–H groups in total. The second-order valence-electron chi connectivity index (χ2n) is 7.28. The second kappa shape index (κ2) is 7.40. The van der Waals surface area contributed by atoms with E-state index >= 15 is 0 Å². The number of nitrogens with one attached hydrogen (secondary N) is 1. The third-order valence-electron chi connectivity index (χ3n) is 4.06. The molecule has 134 valence electrons. The van der Waals surface area contributed by atoms with Crippen LogP contribution in [0.4, 0.5) is 5.69 Å². The molecule has 0 saturated carbocycles. The lowest BCUT2D eigenvalue weighted by Crippen LogP contribution is -2.15. The highest BCUT2D eigenvalue weighted by Gasteiger charge is 2.17. The van der Waals surface area contributed by atoms with Gasteiger partial charge in [-0.05, 0) is 43.0 Å². The van der Waals surface area contributed by atoms with Crippen molar-refractivity contribution in [3.05, 3.63) is 45.1 Å². The summed E-state index contributed by atoms with van der Waals surface area (Å²) >= 11 is 1.59. The Hall–Kier alpha value is -2.14. The number of aryl methyl sites for hydroxylation is 2. The number of hydrogen-bond donors (Lipinski definition) is 2. The molecule has 0 aliphatic rings. The minimum absolute atomic E-state index is 0.0235. The smallest absolute Gasteiger partial charge is 0.224 e. The van der Waals surface area contributed by atoms with Gasteiger partial charge < -0.3 is 10.4 Å². The van der Waals surface area contributed by atoms with Gasteiger partial charge in [-0.25, -0.2) is 0 Å². The number of benzene rings is 1. The predicted octanol–water partition coefficient (Wildman–Crippen LogP) is 4.97. The summed E-state index contributed by atoms with van der Waals surface area (Å²) in [6.07, 6.45) is 0.245. The van der Waals surface area contributed by atoms with Crippen molar-refractivity contribution in [3.8, 4) is 5.75 Å². The molecule has 0 unspecified atom stereocenters. The average molecular weight is 359 g/mol. The van der Waals surface area contributed by atoms with Crippen LogP contribution in [-0.2, 0) is 10.2 Å². The molecule has 0 spiro atoms. The molecule has 4 nitrogen and oxygen atoms in total. The molecule has 1 heterocycles.